The molecule has 1 aromatic carbocycles. The molecule has 0 spiro atoms. The fourth-order valence-corrected chi connectivity index (χ4v) is 2.83. The third-order valence-electron chi connectivity index (χ3n) is 4.00. The number of imidazole rings is 1. The molecule has 4 nitrogen and oxygen atoms in total. The highest BCUT2D eigenvalue weighted by molar-refractivity contribution is 5.76. The molecule has 110 valence electrons. The minimum Gasteiger partial charge on any atom is -0.330 e. The average molecular weight is 274 g/mol. The van der Waals surface area contributed by atoms with Crippen LogP contribution in [0.1, 0.15) is 39.1 Å². The van der Waals surface area contributed by atoms with Gasteiger partial charge in [0.05, 0.1) is 17.1 Å². The quantitative estimate of drug-likeness (QED) is 0.844. The van der Waals surface area contributed by atoms with Crippen LogP contribution in [0.25, 0.3) is 11.0 Å². The molecule has 1 unspecified atom stereocenters. The minimum absolute atomic E-state index is 0.329. The van der Waals surface area contributed by atoms with E-state index in [1.165, 1.54) is 5.52 Å². The minimum atomic E-state index is 0.329. The van der Waals surface area contributed by atoms with Gasteiger partial charge in [0.2, 0.25) is 0 Å². The first-order valence-corrected chi connectivity index (χ1v) is 7.62. The Morgan fingerprint density at radius 1 is 1.25 bits per heavy atom. The van der Waals surface area contributed by atoms with Crippen molar-refractivity contribution in [2.24, 2.45) is 5.73 Å². The van der Waals surface area contributed by atoms with Crippen molar-refractivity contribution in [2.45, 2.75) is 39.8 Å². The Morgan fingerprint density at radius 3 is 2.60 bits per heavy atom. The molecule has 0 saturated heterocycles. The van der Waals surface area contributed by atoms with Gasteiger partial charge in [0.15, 0.2) is 0 Å². The maximum absolute atomic E-state index is 5.68. The highest BCUT2D eigenvalue weighted by atomic mass is 15.2. The smallest absolute Gasteiger partial charge is 0.127 e. The Labute approximate surface area is 121 Å². The summed E-state index contributed by atoms with van der Waals surface area (Å²) in [5.74, 6) is 1.16. The average Bonchev–Trinajstić information content (AvgIpc) is 2.85. The van der Waals surface area contributed by atoms with Crippen LogP contribution in [0.5, 0.6) is 0 Å². The number of rotatable bonds is 7. The molecule has 0 saturated carbocycles. The van der Waals surface area contributed by atoms with E-state index in [0.717, 1.165) is 37.4 Å². The fourth-order valence-electron chi connectivity index (χ4n) is 2.83. The Morgan fingerprint density at radius 2 is 1.95 bits per heavy atom. The van der Waals surface area contributed by atoms with Crippen LogP contribution < -0.4 is 5.73 Å². The van der Waals surface area contributed by atoms with Gasteiger partial charge in [0, 0.05) is 6.54 Å². The second-order valence-corrected chi connectivity index (χ2v) is 5.15. The summed E-state index contributed by atoms with van der Waals surface area (Å²) < 4.78 is 2.34. The lowest BCUT2D eigenvalue weighted by atomic mass is 10.2. The SMILES string of the molecule is CCN(CC)C(C)c1nc2ccccc2n1CCCN. The molecule has 1 aromatic heterocycles. The lowest BCUT2D eigenvalue weighted by molar-refractivity contribution is 0.221. The summed E-state index contributed by atoms with van der Waals surface area (Å²) in [6, 6.07) is 8.70. The first-order valence-electron chi connectivity index (χ1n) is 7.62. The van der Waals surface area contributed by atoms with Crippen LogP contribution in [-0.2, 0) is 6.54 Å². The summed E-state index contributed by atoms with van der Waals surface area (Å²) in [6.07, 6.45) is 0.984. The van der Waals surface area contributed by atoms with E-state index < -0.39 is 0 Å². The van der Waals surface area contributed by atoms with E-state index in [4.69, 9.17) is 10.7 Å². The van der Waals surface area contributed by atoms with E-state index in [9.17, 15) is 0 Å². The second-order valence-electron chi connectivity index (χ2n) is 5.15. The van der Waals surface area contributed by atoms with Crippen molar-refractivity contribution in [1.82, 2.24) is 14.5 Å². The molecule has 0 aliphatic heterocycles. The zero-order valence-corrected chi connectivity index (χ0v) is 12.8. The molecule has 0 bridgehead atoms. The maximum Gasteiger partial charge on any atom is 0.127 e. The van der Waals surface area contributed by atoms with Gasteiger partial charge in [0.25, 0.3) is 0 Å². The van der Waals surface area contributed by atoms with Crippen molar-refractivity contribution in [3.05, 3.63) is 30.1 Å². The lowest BCUT2D eigenvalue weighted by Gasteiger charge is -2.26. The van der Waals surface area contributed by atoms with Gasteiger partial charge >= 0.3 is 0 Å². The Balaban J connectivity index is 2.44. The van der Waals surface area contributed by atoms with E-state index in [-0.39, 0.29) is 0 Å². The summed E-state index contributed by atoms with van der Waals surface area (Å²) in [5, 5.41) is 0. The third kappa shape index (κ3) is 2.86. The molecule has 0 aliphatic carbocycles. The molecule has 0 radical (unpaired) electrons. The van der Waals surface area contributed by atoms with E-state index in [2.05, 4.69) is 54.5 Å². The molecule has 0 fully saturated rings. The molecule has 20 heavy (non-hydrogen) atoms. The molecule has 2 aromatic rings. The molecule has 0 aliphatic rings. The normalized spacial score (nSPS) is 13.2. The van der Waals surface area contributed by atoms with Crippen LogP contribution in [0.2, 0.25) is 0 Å². The molecule has 1 heterocycles. The Hall–Kier alpha value is -1.39. The van der Waals surface area contributed by atoms with Crippen LogP contribution >= 0.6 is 0 Å². The zero-order chi connectivity index (χ0) is 14.5. The predicted molar refractivity (Wildman–Crippen MR) is 84.7 cm³/mol. The molecule has 2 N–H and O–H groups in total. The van der Waals surface area contributed by atoms with Gasteiger partial charge in [-0.25, -0.2) is 4.98 Å². The van der Waals surface area contributed by atoms with Crippen molar-refractivity contribution in [2.75, 3.05) is 19.6 Å². The van der Waals surface area contributed by atoms with E-state index in [1.807, 2.05) is 0 Å². The van der Waals surface area contributed by atoms with Crippen LogP contribution in [0.3, 0.4) is 0 Å². The Bertz CT molecular complexity index is 542. The van der Waals surface area contributed by atoms with E-state index in [1.54, 1.807) is 0 Å². The van der Waals surface area contributed by atoms with Gasteiger partial charge in [-0.15, -0.1) is 0 Å². The molecule has 1 atom stereocenters. The van der Waals surface area contributed by atoms with Crippen molar-refractivity contribution >= 4 is 11.0 Å². The number of aryl methyl sites for hydroxylation is 1. The standard InChI is InChI=1S/C16H26N4/c1-4-19(5-2)13(3)16-18-14-9-6-7-10-15(14)20(16)12-8-11-17/h6-7,9-10,13H,4-5,8,11-12,17H2,1-3H3. The monoisotopic (exact) mass is 274 g/mol. The number of benzene rings is 1. The van der Waals surface area contributed by atoms with Gasteiger partial charge in [0.1, 0.15) is 5.82 Å². The van der Waals surface area contributed by atoms with Gasteiger partial charge in [-0.3, -0.25) is 4.90 Å². The summed E-state index contributed by atoms with van der Waals surface area (Å²) >= 11 is 0. The number of nitrogens with zero attached hydrogens (tertiary/aromatic N) is 3. The van der Waals surface area contributed by atoms with Crippen molar-refractivity contribution in [1.29, 1.82) is 0 Å². The molecular weight excluding hydrogens is 248 g/mol. The number of hydrogen-bond donors (Lipinski definition) is 1. The Kier molecular flexibility index (Phi) is 5.15. The first-order chi connectivity index (χ1) is 9.72. The molecule has 0 amide bonds. The number of fused-ring (bicyclic) bond motifs is 1. The summed E-state index contributed by atoms with van der Waals surface area (Å²) in [5.41, 5.74) is 7.98. The molecule has 2 rings (SSSR count). The van der Waals surface area contributed by atoms with E-state index >= 15 is 0 Å². The van der Waals surface area contributed by atoms with E-state index in [0.29, 0.717) is 12.6 Å². The first kappa shape index (κ1) is 15.0. The van der Waals surface area contributed by atoms with Crippen molar-refractivity contribution in [3.63, 3.8) is 0 Å². The number of hydrogen-bond acceptors (Lipinski definition) is 3. The van der Waals surface area contributed by atoms with Crippen molar-refractivity contribution in [3.8, 4) is 0 Å². The highest BCUT2D eigenvalue weighted by Gasteiger charge is 2.20. The van der Waals surface area contributed by atoms with Crippen LogP contribution in [-0.4, -0.2) is 34.1 Å². The zero-order valence-electron chi connectivity index (χ0n) is 12.8. The third-order valence-corrected chi connectivity index (χ3v) is 4.00. The largest absolute Gasteiger partial charge is 0.330 e. The van der Waals surface area contributed by atoms with Gasteiger partial charge in [-0.05, 0) is 45.1 Å². The van der Waals surface area contributed by atoms with Gasteiger partial charge in [-0.2, -0.15) is 0 Å². The number of para-hydroxylation sites is 2. The summed E-state index contributed by atoms with van der Waals surface area (Å²) in [4.78, 5) is 7.29. The van der Waals surface area contributed by atoms with Crippen molar-refractivity contribution < 1.29 is 0 Å². The van der Waals surface area contributed by atoms with Gasteiger partial charge < -0.3 is 10.3 Å². The lowest BCUT2D eigenvalue weighted by Crippen LogP contribution is -2.28. The topological polar surface area (TPSA) is 47.1 Å². The molecule has 4 heteroatoms. The summed E-state index contributed by atoms with van der Waals surface area (Å²) in [7, 11) is 0. The van der Waals surface area contributed by atoms with Crippen LogP contribution in [0, 0.1) is 0 Å². The fraction of sp³-hybridized carbons (Fsp3) is 0.562. The maximum atomic E-state index is 5.68. The predicted octanol–water partition coefficient (Wildman–Crippen LogP) is 2.79. The molecular formula is C16H26N4. The van der Waals surface area contributed by atoms with Crippen LogP contribution in [0.15, 0.2) is 24.3 Å². The second kappa shape index (κ2) is 6.86. The summed E-state index contributed by atoms with van der Waals surface area (Å²) in [6.45, 7) is 10.4. The highest BCUT2D eigenvalue weighted by Crippen LogP contribution is 2.24. The van der Waals surface area contributed by atoms with Gasteiger partial charge in [-0.1, -0.05) is 26.0 Å². The van der Waals surface area contributed by atoms with Crippen LogP contribution in [0.4, 0.5) is 0 Å². The number of nitrogens with two attached hydrogens (primary N) is 1. The number of aromatic nitrogens is 2.